The molecule has 2 bridgehead atoms. The van der Waals surface area contributed by atoms with Gasteiger partial charge < -0.3 is 15.0 Å². The molecule has 2 aliphatic heterocycles. The van der Waals surface area contributed by atoms with Crippen molar-refractivity contribution in [2.24, 2.45) is 0 Å². The summed E-state index contributed by atoms with van der Waals surface area (Å²) in [5, 5.41) is 2.93. The molecule has 5 rings (SSSR count). The van der Waals surface area contributed by atoms with Crippen molar-refractivity contribution < 1.29 is 18.7 Å². The van der Waals surface area contributed by atoms with Crippen LogP contribution in [0.3, 0.4) is 0 Å². The molecular formula is C24H21FN4O3. The fourth-order valence-electron chi connectivity index (χ4n) is 4.52. The summed E-state index contributed by atoms with van der Waals surface area (Å²) in [7, 11) is 1.33. The topological polar surface area (TPSA) is 84.4 Å². The molecule has 0 spiro atoms. The van der Waals surface area contributed by atoms with Crippen LogP contribution in [0.15, 0.2) is 54.7 Å². The van der Waals surface area contributed by atoms with Gasteiger partial charge in [0.15, 0.2) is 5.82 Å². The average molecular weight is 432 g/mol. The van der Waals surface area contributed by atoms with Crippen molar-refractivity contribution in [3.63, 3.8) is 0 Å². The second kappa shape index (κ2) is 8.03. The smallest absolute Gasteiger partial charge is 0.337 e. The first-order valence-electron chi connectivity index (χ1n) is 10.4. The number of carbonyl (C=O) groups is 2. The number of hydrogen-bond donors (Lipinski definition) is 1. The van der Waals surface area contributed by atoms with Crippen molar-refractivity contribution in [2.45, 2.75) is 31.3 Å². The second-order valence-electron chi connectivity index (χ2n) is 7.96. The van der Waals surface area contributed by atoms with Crippen LogP contribution in [-0.4, -0.2) is 40.0 Å². The molecule has 1 fully saturated rings. The summed E-state index contributed by atoms with van der Waals surface area (Å²) < 4.78 is 17.9. The quantitative estimate of drug-likeness (QED) is 0.622. The molecule has 2 aliphatic rings. The normalized spacial score (nSPS) is 18.8. The first-order chi connectivity index (χ1) is 15.5. The van der Waals surface area contributed by atoms with E-state index in [4.69, 9.17) is 9.72 Å². The third-order valence-corrected chi connectivity index (χ3v) is 6.08. The van der Waals surface area contributed by atoms with E-state index >= 15 is 0 Å². The number of nitrogens with one attached hydrogen (secondary N) is 1. The lowest BCUT2D eigenvalue weighted by Gasteiger charge is -2.35. The third-order valence-electron chi connectivity index (χ3n) is 6.08. The molecule has 1 saturated heterocycles. The molecule has 0 aliphatic carbocycles. The van der Waals surface area contributed by atoms with Gasteiger partial charge in [-0.15, -0.1) is 0 Å². The van der Waals surface area contributed by atoms with Gasteiger partial charge in [0.25, 0.3) is 0 Å². The van der Waals surface area contributed by atoms with Gasteiger partial charge in [-0.1, -0.05) is 0 Å². The number of nitrogens with zero attached hydrogens (tertiary/aromatic N) is 3. The number of anilines is 1. The van der Waals surface area contributed by atoms with Crippen LogP contribution in [0.5, 0.6) is 0 Å². The Bertz CT molecular complexity index is 1180. The standard InChI is InChI=1S/C24H21FN4O3/c1-32-23(30)15-4-8-17(9-5-15)27-24(31)29-18-10-11-21(29)19-13-26-22(28-20(19)12-18)14-2-6-16(25)7-3-14/h2-9,13,18,21H,10-12H2,1H3,(H,27,31)/t18-,21+/m0/s1. The molecule has 2 amide bonds. The highest BCUT2D eigenvalue weighted by Crippen LogP contribution is 2.43. The van der Waals surface area contributed by atoms with Crippen LogP contribution >= 0.6 is 0 Å². The van der Waals surface area contributed by atoms with E-state index in [0.717, 1.165) is 29.7 Å². The lowest BCUT2D eigenvalue weighted by atomic mass is 9.99. The maximum Gasteiger partial charge on any atom is 0.337 e. The summed E-state index contributed by atoms with van der Waals surface area (Å²) in [5.41, 5.74) is 3.69. The Hall–Kier alpha value is -3.81. The zero-order valence-electron chi connectivity index (χ0n) is 17.4. The van der Waals surface area contributed by atoms with E-state index in [-0.39, 0.29) is 23.9 Å². The Labute approximate surface area is 184 Å². The largest absolute Gasteiger partial charge is 0.465 e. The van der Waals surface area contributed by atoms with Gasteiger partial charge in [0.2, 0.25) is 0 Å². The number of halogens is 1. The van der Waals surface area contributed by atoms with Crippen LogP contribution < -0.4 is 5.32 Å². The fourth-order valence-corrected chi connectivity index (χ4v) is 4.52. The summed E-state index contributed by atoms with van der Waals surface area (Å²) in [6.45, 7) is 0. The van der Waals surface area contributed by atoms with E-state index in [1.165, 1.54) is 19.2 Å². The SMILES string of the molecule is COC(=O)c1ccc(NC(=O)N2[C@H]3CC[C@@H]2c2cnc(-c4ccc(F)cc4)nc2C3)cc1. The number of methoxy groups -OCH3 is 1. The monoisotopic (exact) mass is 432 g/mol. The van der Waals surface area contributed by atoms with Gasteiger partial charge in [0.05, 0.1) is 24.4 Å². The first-order valence-corrected chi connectivity index (χ1v) is 10.4. The molecule has 0 unspecified atom stereocenters. The molecule has 32 heavy (non-hydrogen) atoms. The minimum atomic E-state index is -0.423. The van der Waals surface area contributed by atoms with Crippen LogP contribution in [0.1, 0.15) is 40.5 Å². The van der Waals surface area contributed by atoms with Crippen LogP contribution in [0.25, 0.3) is 11.4 Å². The molecule has 2 aromatic carbocycles. The molecule has 3 heterocycles. The van der Waals surface area contributed by atoms with Crippen molar-refractivity contribution in [3.05, 3.63) is 77.4 Å². The Morgan fingerprint density at radius 2 is 1.84 bits per heavy atom. The second-order valence-corrected chi connectivity index (χ2v) is 7.96. The molecule has 0 radical (unpaired) electrons. The highest BCUT2D eigenvalue weighted by molar-refractivity contribution is 5.92. The molecule has 3 aromatic rings. The fraction of sp³-hybridized carbons (Fsp3) is 0.250. The van der Waals surface area contributed by atoms with Crippen molar-refractivity contribution in [2.75, 3.05) is 12.4 Å². The number of amides is 2. The lowest BCUT2D eigenvalue weighted by Crippen LogP contribution is -2.44. The van der Waals surface area contributed by atoms with E-state index in [1.807, 2.05) is 4.90 Å². The number of benzene rings is 2. The van der Waals surface area contributed by atoms with Gasteiger partial charge in [0.1, 0.15) is 5.82 Å². The van der Waals surface area contributed by atoms with E-state index < -0.39 is 5.97 Å². The number of urea groups is 1. The number of esters is 1. The molecular weight excluding hydrogens is 411 g/mol. The van der Waals surface area contributed by atoms with Crippen molar-refractivity contribution in [3.8, 4) is 11.4 Å². The first kappa shape index (κ1) is 20.1. The van der Waals surface area contributed by atoms with Gasteiger partial charge in [-0.3, -0.25) is 0 Å². The van der Waals surface area contributed by atoms with Crippen molar-refractivity contribution in [1.29, 1.82) is 0 Å². The zero-order chi connectivity index (χ0) is 22.2. The predicted octanol–water partition coefficient (Wildman–Crippen LogP) is 4.36. The van der Waals surface area contributed by atoms with E-state index in [0.29, 0.717) is 23.5 Å². The van der Waals surface area contributed by atoms with E-state index in [2.05, 4.69) is 10.3 Å². The molecule has 8 heteroatoms. The Morgan fingerprint density at radius 1 is 1.09 bits per heavy atom. The van der Waals surface area contributed by atoms with Gasteiger partial charge in [-0.25, -0.2) is 23.9 Å². The average Bonchev–Trinajstić information content (AvgIpc) is 3.14. The summed E-state index contributed by atoms with van der Waals surface area (Å²) in [5.74, 6) is -0.161. The van der Waals surface area contributed by atoms with Crippen LogP contribution in [0.2, 0.25) is 0 Å². The highest BCUT2D eigenvalue weighted by atomic mass is 19.1. The van der Waals surface area contributed by atoms with Gasteiger partial charge in [-0.05, 0) is 61.4 Å². The van der Waals surface area contributed by atoms with Crippen molar-refractivity contribution >= 4 is 17.7 Å². The van der Waals surface area contributed by atoms with Crippen LogP contribution in [0.4, 0.5) is 14.9 Å². The Morgan fingerprint density at radius 3 is 2.56 bits per heavy atom. The van der Waals surface area contributed by atoms with Crippen LogP contribution in [0, 0.1) is 5.82 Å². The molecule has 1 aromatic heterocycles. The van der Waals surface area contributed by atoms with Gasteiger partial charge >= 0.3 is 12.0 Å². The van der Waals surface area contributed by atoms with Crippen LogP contribution in [-0.2, 0) is 11.2 Å². The minimum absolute atomic E-state index is 0.0535. The minimum Gasteiger partial charge on any atom is -0.465 e. The van der Waals surface area contributed by atoms with Gasteiger partial charge in [-0.2, -0.15) is 0 Å². The summed E-state index contributed by atoms with van der Waals surface area (Å²) >= 11 is 0. The molecule has 162 valence electrons. The summed E-state index contributed by atoms with van der Waals surface area (Å²) in [6.07, 6.45) is 4.18. The van der Waals surface area contributed by atoms with E-state index in [9.17, 15) is 14.0 Å². The lowest BCUT2D eigenvalue weighted by molar-refractivity contribution is 0.0600. The molecule has 0 saturated carbocycles. The summed E-state index contributed by atoms with van der Waals surface area (Å²) in [6, 6.07) is 12.5. The Balaban J connectivity index is 1.35. The highest BCUT2D eigenvalue weighted by Gasteiger charge is 2.43. The number of ether oxygens (including phenoxy) is 1. The zero-order valence-corrected chi connectivity index (χ0v) is 17.4. The van der Waals surface area contributed by atoms with Crippen molar-refractivity contribution in [1.82, 2.24) is 14.9 Å². The Kier molecular flexibility index (Phi) is 5.05. The number of rotatable bonds is 3. The molecule has 2 atom stereocenters. The molecule has 1 N–H and O–H groups in total. The van der Waals surface area contributed by atoms with E-state index in [1.54, 1.807) is 42.6 Å². The predicted molar refractivity (Wildman–Crippen MR) is 116 cm³/mol. The maximum absolute atomic E-state index is 13.2. The number of aromatic nitrogens is 2. The summed E-state index contributed by atoms with van der Waals surface area (Å²) in [4.78, 5) is 35.8. The maximum atomic E-state index is 13.2. The number of carbonyl (C=O) groups excluding carboxylic acids is 2. The third kappa shape index (κ3) is 3.57. The molecule has 7 nitrogen and oxygen atoms in total. The van der Waals surface area contributed by atoms with Gasteiger partial charge in [0, 0.05) is 35.5 Å². The number of fused-ring (bicyclic) bond motifs is 4. The number of hydrogen-bond acceptors (Lipinski definition) is 5.